The standard InChI is InChI=1S/C31H25F4N5O4S/c32-25(16-43-30(42)37-29-40(27(41)17-45-29)26-7-3-5-19-4-1-2-6-24(19)26)20-8-10-21(11-9-20)28-36-18-39(38-28)22-12-14-23(15-13-22)44-31(33,34)35/h3,5,7-15,18,25H,1-2,4,6,16-17H2/b37-29-. The molecule has 1 unspecified atom stereocenters. The molecule has 1 aliphatic carbocycles. The van der Waals surface area contributed by atoms with Gasteiger partial charge in [0.15, 0.2) is 17.2 Å². The SMILES string of the molecule is O=C(/N=C1\SCC(=O)N1c1cccc2c1CCCC2)OCC(F)c1ccc(-c2ncn(-c3ccc(OC(F)(F)F)cc3)n2)cc1. The fraction of sp³-hybridized carbons (Fsp3) is 0.258. The van der Waals surface area contributed by atoms with Gasteiger partial charge >= 0.3 is 12.5 Å². The highest BCUT2D eigenvalue weighted by Gasteiger charge is 2.33. The predicted molar refractivity (Wildman–Crippen MR) is 159 cm³/mol. The molecule has 0 N–H and O–H groups in total. The molecule has 1 atom stereocenters. The number of nitrogens with zero attached hydrogens (tertiary/aromatic N) is 5. The van der Waals surface area contributed by atoms with E-state index in [1.165, 1.54) is 45.7 Å². The number of benzene rings is 3. The van der Waals surface area contributed by atoms with Gasteiger partial charge in [-0.15, -0.1) is 18.3 Å². The van der Waals surface area contributed by atoms with E-state index in [0.717, 1.165) is 60.8 Å². The lowest BCUT2D eigenvalue weighted by Crippen LogP contribution is -2.31. The Morgan fingerprint density at radius 1 is 1.02 bits per heavy atom. The Morgan fingerprint density at radius 3 is 2.53 bits per heavy atom. The molecule has 232 valence electrons. The van der Waals surface area contributed by atoms with E-state index in [2.05, 4.69) is 25.9 Å². The summed E-state index contributed by atoms with van der Waals surface area (Å²) in [5, 5.41) is 4.54. The maximum Gasteiger partial charge on any atom is 0.573 e. The van der Waals surface area contributed by atoms with Crippen LogP contribution in [0.25, 0.3) is 17.1 Å². The van der Waals surface area contributed by atoms with E-state index in [-0.39, 0.29) is 28.1 Å². The highest BCUT2D eigenvalue weighted by molar-refractivity contribution is 8.15. The molecule has 1 aliphatic heterocycles. The van der Waals surface area contributed by atoms with E-state index in [1.807, 2.05) is 12.1 Å². The molecule has 1 aromatic heterocycles. The Labute approximate surface area is 258 Å². The molecule has 9 nitrogen and oxygen atoms in total. The van der Waals surface area contributed by atoms with Gasteiger partial charge in [-0.3, -0.25) is 9.69 Å². The molecule has 6 rings (SSSR count). The van der Waals surface area contributed by atoms with E-state index in [4.69, 9.17) is 4.74 Å². The van der Waals surface area contributed by atoms with Gasteiger partial charge in [0.1, 0.15) is 18.7 Å². The number of halogens is 4. The summed E-state index contributed by atoms with van der Waals surface area (Å²) in [6.07, 6.45) is -2.13. The number of hydrogen-bond donors (Lipinski definition) is 0. The van der Waals surface area contributed by atoms with Gasteiger partial charge in [0.05, 0.1) is 17.1 Å². The van der Waals surface area contributed by atoms with E-state index in [0.29, 0.717) is 17.1 Å². The quantitative estimate of drug-likeness (QED) is 0.201. The lowest BCUT2D eigenvalue weighted by Gasteiger charge is -2.24. The molecule has 2 amide bonds. The smallest absolute Gasteiger partial charge is 0.444 e. The first-order valence-electron chi connectivity index (χ1n) is 14.0. The van der Waals surface area contributed by atoms with E-state index in [1.54, 1.807) is 12.1 Å². The number of hydrogen-bond acceptors (Lipinski definition) is 7. The number of alkyl halides is 4. The number of thioether (sulfide) groups is 1. The summed E-state index contributed by atoms with van der Waals surface area (Å²) in [5.41, 5.74) is 4.28. The minimum Gasteiger partial charge on any atom is -0.444 e. The van der Waals surface area contributed by atoms with Crippen LogP contribution in [0.4, 0.5) is 28.0 Å². The number of amidine groups is 1. The third kappa shape index (κ3) is 7.00. The average Bonchev–Trinajstić information content (AvgIpc) is 3.66. The first-order chi connectivity index (χ1) is 21.6. The zero-order chi connectivity index (χ0) is 31.6. The summed E-state index contributed by atoms with van der Waals surface area (Å²) in [6, 6.07) is 17.1. The molecule has 1 fully saturated rings. The second-order valence-electron chi connectivity index (χ2n) is 10.3. The van der Waals surface area contributed by atoms with E-state index >= 15 is 0 Å². The topological polar surface area (TPSA) is 98.9 Å². The number of carbonyl (C=O) groups excluding carboxylic acids is 2. The monoisotopic (exact) mass is 639 g/mol. The number of fused-ring (bicyclic) bond motifs is 1. The lowest BCUT2D eigenvalue weighted by atomic mass is 9.90. The molecule has 45 heavy (non-hydrogen) atoms. The molecule has 4 aromatic rings. The molecule has 0 bridgehead atoms. The van der Waals surface area contributed by atoms with E-state index in [9.17, 15) is 27.2 Å². The van der Waals surface area contributed by atoms with Crippen molar-refractivity contribution in [3.8, 4) is 22.8 Å². The van der Waals surface area contributed by atoms with Crippen LogP contribution in [-0.2, 0) is 22.4 Å². The van der Waals surface area contributed by atoms with Crippen molar-refractivity contribution in [2.24, 2.45) is 4.99 Å². The Hall–Kier alpha value is -4.72. The van der Waals surface area contributed by atoms with Crippen LogP contribution < -0.4 is 9.64 Å². The van der Waals surface area contributed by atoms with Crippen LogP contribution in [0.1, 0.15) is 35.7 Å². The number of aromatic nitrogens is 3. The fourth-order valence-corrected chi connectivity index (χ4v) is 6.01. The molecule has 3 aromatic carbocycles. The minimum atomic E-state index is -4.79. The van der Waals surface area contributed by atoms with Crippen LogP contribution in [0, 0.1) is 0 Å². The normalized spacial score (nSPS) is 16.5. The molecular weight excluding hydrogens is 614 g/mol. The van der Waals surface area contributed by atoms with Crippen molar-refractivity contribution in [2.75, 3.05) is 17.3 Å². The van der Waals surface area contributed by atoms with Crippen molar-refractivity contribution < 1.29 is 36.6 Å². The zero-order valence-electron chi connectivity index (χ0n) is 23.5. The highest BCUT2D eigenvalue weighted by Crippen LogP contribution is 2.35. The van der Waals surface area contributed by atoms with Gasteiger partial charge in [0.2, 0.25) is 5.91 Å². The molecule has 0 radical (unpaired) electrons. The summed E-state index contributed by atoms with van der Waals surface area (Å²) >= 11 is 1.14. The molecule has 0 saturated carbocycles. The maximum atomic E-state index is 15.0. The summed E-state index contributed by atoms with van der Waals surface area (Å²) in [6.45, 7) is -0.574. The van der Waals surface area contributed by atoms with Crippen LogP contribution in [0.3, 0.4) is 0 Å². The van der Waals surface area contributed by atoms with Gasteiger partial charge in [0.25, 0.3) is 0 Å². The zero-order valence-corrected chi connectivity index (χ0v) is 24.4. The Morgan fingerprint density at radius 2 is 1.78 bits per heavy atom. The predicted octanol–water partition coefficient (Wildman–Crippen LogP) is 6.99. The third-order valence-corrected chi connectivity index (χ3v) is 8.20. The molecule has 0 spiro atoms. The van der Waals surface area contributed by atoms with Gasteiger partial charge in [-0.2, -0.15) is 4.99 Å². The largest absolute Gasteiger partial charge is 0.573 e. The van der Waals surface area contributed by atoms with E-state index < -0.39 is 25.2 Å². The fourth-order valence-electron chi connectivity index (χ4n) is 5.16. The number of anilines is 1. The summed E-state index contributed by atoms with van der Waals surface area (Å²) in [7, 11) is 0. The molecule has 2 aliphatic rings. The van der Waals surface area contributed by atoms with Crippen molar-refractivity contribution in [3.05, 3.63) is 89.7 Å². The molecular formula is C31H25F4N5O4S. The van der Waals surface area contributed by atoms with Gasteiger partial charge in [-0.25, -0.2) is 18.9 Å². The van der Waals surface area contributed by atoms with Crippen molar-refractivity contribution in [3.63, 3.8) is 0 Å². The number of aryl methyl sites for hydroxylation is 1. The highest BCUT2D eigenvalue weighted by atomic mass is 32.2. The van der Waals surface area contributed by atoms with Gasteiger partial charge in [0, 0.05) is 5.56 Å². The number of carbonyl (C=O) groups is 2. The summed E-state index contributed by atoms with van der Waals surface area (Å²) < 4.78 is 62.5. The Bertz CT molecular complexity index is 1740. The summed E-state index contributed by atoms with van der Waals surface area (Å²) in [5.74, 6) is -0.0881. The lowest BCUT2D eigenvalue weighted by molar-refractivity contribution is -0.274. The van der Waals surface area contributed by atoms with Crippen LogP contribution in [0.2, 0.25) is 0 Å². The van der Waals surface area contributed by atoms with Gasteiger partial charge in [-0.1, -0.05) is 48.2 Å². The first-order valence-corrected chi connectivity index (χ1v) is 15.0. The van der Waals surface area contributed by atoms with Crippen LogP contribution >= 0.6 is 11.8 Å². The number of rotatable bonds is 7. The second-order valence-corrected chi connectivity index (χ2v) is 11.2. The van der Waals surface area contributed by atoms with Crippen LogP contribution in [0.5, 0.6) is 5.75 Å². The van der Waals surface area contributed by atoms with Gasteiger partial charge in [-0.05, 0) is 72.7 Å². The van der Waals surface area contributed by atoms with Crippen molar-refractivity contribution >= 4 is 34.6 Å². The molecule has 14 heteroatoms. The number of aliphatic imine (C=N–C) groups is 1. The van der Waals surface area contributed by atoms with Crippen molar-refractivity contribution in [2.45, 2.75) is 38.2 Å². The van der Waals surface area contributed by atoms with Crippen molar-refractivity contribution in [1.82, 2.24) is 14.8 Å². The van der Waals surface area contributed by atoms with Crippen LogP contribution in [0.15, 0.2) is 78.0 Å². The third-order valence-electron chi connectivity index (χ3n) is 7.27. The average molecular weight is 640 g/mol. The number of ether oxygens (including phenoxy) is 2. The second kappa shape index (κ2) is 12.7. The molecule has 1 saturated heterocycles. The first kappa shape index (κ1) is 30.3. The minimum absolute atomic E-state index is 0.143. The maximum absolute atomic E-state index is 15.0. The van der Waals surface area contributed by atoms with Crippen molar-refractivity contribution in [1.29, 1.82) is 0 Å². The summed E-state index contributed by atoms with van der Waals surface area (Å²) in [4.78, 5) is 34.9. The van der Waals surface area contributed by atoms with Gasteiger partial charge < -0.3 is 9.47 Å². The number of amides is 2. The Balaban J connectivity index is 1.07. The Kier molecular flexibility index (Phi) is 8.57. The van der Waals surface area contributed by atoms with Crippen LogP contribution in [-0.4, -0.2) is 50.7 Å². The molecule has 2 heterocycles.